The van der Waals surface area contributed by atoms with Crippen molar-refractivity contribution in [2.24, 2.45) is 7.05 Å². The molecule has 1 aliphatic heterocycles. The fourth-order valence-corrected chi connectivity index (χ4v) is 4.41. The monoisotopic (exact) mass is 419 g/mol. The summed E-state index contributed by atoms with van der Waals surface area (Å²) in [4.78, 5) is 14.8. The third-order valence-corrected chi connectivity index (χ3v) is 5.82. The molecule has 6 nitrogen and oxygen atoms in total. The van der Waals surface area contributed by atoms with Crippen molar-refractivity contribution >= 4 is 17.4 Å². The van der Waals surface area contributed by atoms with Crippen LogP contribution in [0.1, 0.15) is 51.3 Å². The van der Waals surface area contributed by atoms with Gasteiger partial charge in [-0.2, -0.15) is 4.57 Å². The van der Waals surface area contributed by atoms with Gasteiger partial charge in [-0.1, -0.05) is 41.7 Å². The largest absolute Gasteiger partial charge is 0.444 e. The van der Waals surface area contributed by atoms with Gasteiger partial charge in [0.25, 0.3) is 5.01 Å². The summed E-state index contributed by atoms with van der Waals surface area (Å²) in [6.45, 7) is 10.2. The van der Waals surface area contributed by atoms with Crippen LogP contribution in [0.15, 0.2) is 41.9 Å². The molecule has 2 aromatic rings. The van der Waals surface area contributed by atoms with E-state index < -0.39 is 17.4 Å². The molecule has 1 fully saturated rings. The molecule has 2 heterocycles. The topological polar surface area (TPSA) is 51.9 Å². The highest BCUT2D eigenvalue weighted by molar-refractivity contribution is 7.09. The van der Waals surface area contributed by atoms with E-state index in [0.717, 1.165) is 10.6 Å². The summed E-state index contributed by atoms with van der Waals surface area (Å²) in [6, 6.07) is 9.74. The SMILES string of the molecule is C[n+]1ccsc1[C@@H](OCc1ccccc1)[C@H]1COC(C)(C)N1C(=O)OC(C)(C)C. The lowest BCUT2D eigenvalue weighted by molar-refractivity contribution is -0.678. The smallest absolute Gasteiger partial charge is 0.413 e. The van der Waals surface area contributed by atoms with E-state index in [2.05, 4.69) is 0 Å². The van der Waals surface area contributed by atoms with E-state index in [1.54, 1.807) is 16.2 Å². The van der Waals surface area contributed by atoms with Crippen LogP contribution in [0.25, 0.3) is 0 Å². The van der Waals surface area contributed by atoms with Crippen LogP contribution in [-0.4, -0.2) is 35.0 Å². The van der Waals surface area contributed by atoms with Crippen molar-refractivity contribution in [3.05, 3.63) is 52.5 Å². The third-order valence-electron chi connectivity index (χ3n) is 4.80. The van der Waals surface area contributed by atoms with Gasteiger partial charge in [-0.15, -0.1) is 0 Å². The van der Waals surface area contributed by atoms with Gasteiger partial charge in [0.05, 0.1) is 24.6 Å². The first kappa shape index (κ1) is 21.7. The first-order chi connectivity index (χ1) is 13.6. The summed E-state index contributed by atoms with van der Waals surface area (Å²) in [5.41, 5.74) is -0.287. The maximum atomic E-state index is 13.1. The van der Waals surface area contributed by atoms with E-state index in [-0.39, 0.29) is 12.1 Å². The second-order valence-corrected chi connectivity index (χ2v) is 9.67. The molecule has 1 amide bonds. The van der Waals surface area contributed by atoms with Crippen LogP contribution in [0, 0.1) is 0 Å². The summed E-state index contributed by atoms with van der Waals surface area (Å²) >= 11 is 1.61. The highest BCUT2D eigenvalue weighted by atomic mass is 32.1. The molecule has 1 saturated heterocycles. The Hall–Kier alpha value is -1.96. The summed E-state index contributed by atoms with van der Waals surface area (Å²) < 4.78 is 20.2. The average Bonchev–Trinajstić information content (AvgIpc) is 3.18. The molecule has 1 aromatic carbocycles. The number of carbonyl (C=O) groups excluding carboxylic acids is 1. The molecule has 158 valence electrons. The van der Waals surface area contributed by atoms with Crippen molar-refractivity contribution in [2.75, 3.05) is 6.61 Å². The van der Waals surface area contributed by atoms with Crippen LogP contribution in [0.3, 0.4) is 0 Å². The number of thiazole rings is 1. The maximum Gasteiger partial charge on any atom is 0.413 e. The van der Waals surface area contributed by atoms with E-state index in [0.29, 0.717) is 13.2 Å². The molecular weight excluding hydrogens is 388 g/mol. The number of aromatic nitrogens is 1. The molecular formula is C22H31N2O4S+. The Bertz CT molecular complexity index is 829. The van der Waals surface area contributed by atoms with Crippen LogP contribution in [-0.2, 0) is 27.9 Å². The quantitative estimate of drug-likeness (QED) is 0.682. The number of ether oxygens (including phenoxy) is 3. The highest BCUT2D eigenvalue weighted by Gasteiger charge is 2.51. The Morgan fingerprint density at radius 3 is 2.62 bits per heavy atom. The Morgan fingerprint density at radius 1 is 1.34 bits per heavy atom. The van der Waals surface area contributed by atoms with Gasteiger partial charge in [0.15, 0.2) is 12.3 Å². The van der Waals surface area contributed by atoms with Gasteiger partial charge < -0.3 is 14.2 Å². The highest BCUT2D eigenvalue weighted by Crippen LogP contribution is 2.37. The van der Waals surface area contributed by atoms with E-state index in [1.807, 2.05) is 88.1 Å². The van der Waals surface area contributed by atoms with Gasteiger partial charge in [-0.05, 0) is 40.2 Å². The molecule has 0 radical (unpaired) electrons. The van der Waals surface area contributed by atoms with Crippen LogP contribution < -0.4 is 4.57 Å². The predicted octanol–water partition coefficient (Wildman–Crippen LogP) is 4.20. The van der Waals surface area contributed by atoms with Crippen LogP contribution >= 0.6 is 11.3 Å². The van der Waals surface area contributed by atoms with Crippen LogP contribution in [0.4, 0.5) is 4.79 Å². The number of nitrogens with zero attached hydrogens (tertiary/aromatic N) is 2. The Morgan fingerprint density at radius 2 is 2.03 bits per heavy atom. The van der Waals surface area contributed by atoms with Gasteiger partial charge in [-0.3, -0.25) is 4.90 Å². The molecule has 29 heavy (non-hydrogen) atoms. The summed E-state index contributed by atoms with van der Waals surface area (Å²) in [7, 11) is 1.99. The molecule has 7 heteroatoms. The van der Waals surface area contributed by atoms with Crippen molar-refractivity contribution in [2.45, 2.75) is 64.7 Å². The van der Waals surface area contributed by atoms with Gasteiger partial charge >= 0.3 is 6.09 Å². The standard InChI is InChI=1S/C22H31N2O4S/c1-21(2,3)28-20(25)24-17(15-27-22(24,4)5)18(19-23(6)12-13-29-19)26-14-16-10-8-7-9-11-16/h7-13,17-18H,14-15H2,1-6H3/q+1/t17-,18+/m1/s1. The molecule has 3 rings (SSSR count). The Kier molecular flexibility index (Phi) is 6.31. The molecule has 0 saturated carbocycles. The minimum absolute atomic E-state index is 0.298. The zero-order valence-corrected chi connectivity index (χ0v) is 18.9. The molecule has 0 N–H and O–H groups in total. The number of benzene rings is 1. The number of hydrogen-bond donors (Lipinski definition) is 0. The lowest BCUT2D eigenvalue weighted by Crippen LogP contribution is -2.52. The summed E-state index contributed by atoms with van der Waals surface area (Å²) in [5.74, 6) is 0. The molecule has 0 unspecified atom stereocenters. The van der Waals surface area contributed by atoms with Gasteiger partial charge in [0, 0.05) is 0 Å². The molecule has 0 aliphatic carbocycles. The molecule has 0 bridgehead atoms. The normalized spacial score (nSPS) is 19.9. The average molecular weight is 420 g/mol. The second kappa shape index (κ2) is 8.42. The van der Waals surface area contributed by atoms with Gasteiger partial charge in [0.2, 0.25) is 0 Å². The van der Waals surface area contributed by atoms with Crippen molar-refractivity contribution in [1.29, 1.82) is 0 Å². The van der Waals surface area contributed by atoms with Gasteiger partial charge in [-0.25, -0.2) is 4.79 Å². The summed E-state index contributed by atoms with van der Waals surface area (Å²) in [5, 5.41) is 3.05. The first-order valence-corrected chi connectivity index (χ1v) is 10.7. The minimum atomic E-state index is -0.781. The maximum absolute atomic E-state index is 13.1. The molecule has 0 spiro atoms. The van der Waals surface area contributed by atoms with Crippen molar-refractivity contribution in [1.82, 2.24) is 4.90 Å². The van der Waals surface area contributed by atoms with E-state index >= 15 is 0 Å². The van der Waals surface area contributed by atoms with Crippen molar-refractivity contribution < 1.29 is 23.6 Å². The van der Waals surface area contributed by atoms with E-state index in [4.69, 9.17) is 14.2 Å². The zero-order valence-electron chi connectivity index (χ0n) is 18.0. The Labute approximate surface area is 177 Å². The fraction of sp³-hybridized carbons (Fsp3) is 0.545. The van der Waals surface area contributed by atoms with Crippen molar-refractivity contribution in [3.63, 3.8) is 0 Å². The van der Waals surface area contributed by atoms with Crippen molar-refractivity contribution in [3.8, 4) is 0 Å². The molecule has 1 aliphatic rings. The Balaban J connectivity index is 1.90. The predicted molar refractivity (Wildman–Crippen MR) is 111 cm³/mol. The number of hydrogen-bond acceptors (Lipinski definition) is 5. The fourth-order valence-electron chi connectivity index (χ4n) is 3.44. The number of rotatable bonds is 5. The molecule has 1 aromatic heterocycles. The number of aryl methyl sites for hydroxylation is 1. The van der Waals surface area contributed by atoms with E-state index in [9.17, 15) is 4.79 Å². The number of carbonyl (C=O) groups is 1. The lowest BCUT2D eigenvalue weighted by Gasteiger charge is -2.36. The van der Waals surface area contributed by atoms with E-state index in [1.165, 1.54) is 0 Å². The minimum Gasteiger partial charge on any atom is -0.444 e. The lowest BCUT2D eigenvalue weighted by atomic mass is 10.1. The summed E-state index contributed by atoms with van der Waals surface area (Å²) in [6.07, 6.45) is 1.27. The van der Waals surface area contributed by atoms with Gasteiger partial charge in [0.1, 0.15) is 18.4 Å². The number of amides is 1. The zero-order chi connectivity index (χ0) is 21.2. The second-order valence-electron chi connectivity index (χ2n) is 8.74. The molecule has 2 atom stereocenters. The first-order valence-electron chi connectivity index (χ1n) is 9.83. The third kappa shape index (κ3) is 5.15. The van der Waals surface area contributed by atoms with Crippen LogP contribution in [0.2, 0.25) is 0 Å². The van der Waals surface area contributed by atoms with Crippen LogP contribution in [0.5, 0.6) is 0 Å².